The highest BCUT2D eigenvalue weighted by atomic mass is 15.2. The minimum atomic E-state index is 0.275. The minimum Gasteiger partial charge on any atom is -0.354 e. The van der Waals surface area contributed by atoms with Gasteiger partial charge in [0, 0.05) is 45.0 Å². The van der Waals surface area contributed by atoms with Crippen LogP contribution in [0.2, 0.25) is 0 Å². The van der Waals surface area contributed by atoms with Crippen LogP contribution in [0.15, 0.2) is 42.3 Å². The summed E-state index contributed by atoms with van der Waals surface area (Å²) in [6.07, 6.45) is 6.58. The Bertz CT molecular complexity index is 647. The molecule has 1 saturated heterocycles. The molecule has 0 aromatic carbocycles. The molecule has 2 fully saturated rings. The lowest BCUT2D eigenvalue weighted by Gasteiger charge is -2.33. The van der Waals surface area contributed by atoms with Crippen LogP contribution in [0.25, 0.3) is 0 Å². The van der Waals surface area contributed by atoms with E-state index in [0.29, 0.717) is 0 Å². The standard InChI is InChI=1S/C19H28N6/c1-4-21-19-15(2)6-5-7-17(19)24(3)13-16-12-18(23-14-22-16)25-10-8-20-9-11-25/h4,12,14,17,20H,1-2,5-11,13H2,3H3. The molecule has 1 saturated carbocycles. The van der Waals surface area contributed by atoms with E-state index >= 15 is 0 Å². The fourth-order valence-electron chi connectivity index (χ4n) is 3.62. The Balaban J connectivity index is 1.71. The zero-order chi connectivity index (χ0) is 17.6. The van der Waals surface area contributed by atoms with Gasteiger partial charge in [-0.3, -0.25) is 9.89 Å². The Hall–Kier alpha value is -2.05. The van der Waals surface area contributed by atoms with Crippen LogP contribution in [-0.2, 0) is 6.54 Å². The zero-order valence-electron chi connectivity index (χ0n) is 15.1. The molecule has 2 aliphatic rings. The van der Waals surface area contributed by atoms with Gasteiger partial charge in [0.25, 0.3) is 0 Å². The molecule has 1 atom stereocenters. The van der Waals surface area contributed by atoms with Crippen molar-refractivity contribution in [2.24, 2.45) is 4.99 Å². The van der Waals surface area contributed by atoms with Crippen molar-refractivity contribution in [1.82, 2.24) is 20.2 Å². The van der Waals surface area contributed by atoms with Crippen LogP contribution in [0.5, 0.6) is 0 Å². The lowest BCUT2D eigenvalue weighted by molar-refractivity contribution is 0.265. The molecule has 1 aliphatic heterocycles. The average Bonchev–Trinajstić information content (AvgIpc) is 2.64. The molecule has 1 aliphatic carbocycles. The predicted octanol–water partition coefficient (Wildman–Crippen LogP) is 2.01. The van der Waals surface area contributed by atoms with Crippen LogP contribution in [-0.4, -0.2) is 59.8 Å². The molecule has 1 aromatic rings. The highest BCUT2D eigenvalue weighted by Crippen LogP contribution is 2.25. The summed E-state index contributed by atoms with van der Waals surface area (Å²) in [5.74, 6) is 1.02. The average molecular weight is 340 g/mol. The third-order valence-electron chi connectivity index (χ3n) is 4.96. The van der Waals surface area contributed by atoms with Crippen LogP contribution in [0.1, 0.15) is 25.0 Å². The summed E-state index contributed by atoms with van der Waals surface area (Å²) in [7, 11) is 2.13. The molecule has 1 aromatic heterocycles. The maximum Gasteiger partial charge on any atom is 0.132 e. The number of nitrogens with zero attached hydrogens (tertiary/aromatic N) is 5. The quantitative estimate of drug-likeness (QED) is 0.889. The lowest BCUT2D eigenvalue weighted by Crippen LogP contribution is -2.44. The van der Waals surface area contributed by atoms with Gasteiger partial charge in [0.05, 0.1) is 17.4 Å². The van der Waals surface area contributed by atoms with Crippen molar-refractivity contribution in [1.29, 1.82) is 0 Å². The van der Waals surface area contributed by atoms with Gasteiger partial charge < -0.3 is 10.2 Å². The van der Waals surface area contributed by atoms with Crippen LogP contribution < -0.4 is 10.2 Å². The molecule has 3 rings (SSSR count). The molecule has 134 valence electrons. The summed E-state index contributed by atoms with van der Waals surface area (Å²) in [6, 6.07) is 2.39. The van der Waals surface area contributed by atoms with Crippen molar-refractivity contribution in [2.75, 3.05) is 38.1 Å². The Morgan fingerprint density at radius 2 is 2.20 bits per heavy atom. The number of aliphatic imine (C=N–C) groups is 1. The van der Waals surface area contributed by atoms with Crippen molar-refractivity contribution >= 4 is 11.5 Å². The van der Waals surface area contributed by atoms with Gasteiger partial charge in [-0.25, -0.2) is 9.97 Å². The largest absolute Gasteiger partial charge is 0.354 e. The van der Waals surface area contributed by atoms with Gasteiger partial charge in [-0.2, -0.15) is 0 Å². The maximum atomic E-state index is 4.49. The minimum absolute atomic E-state index is 0.275. The van der Waals surface area contributed by atoms with E-state index in [4.69, 9.17) is 0 Å². The first-order chi connectivity index (χ1) is 12.2. The molecule has 0 spiro atoms. The Morgan fingerprint density at radius 1 is 1.40 bits per heavy atom. The van der Waals surface area contributed by atoms with E-state index in [2.05, 4.69) is 56.3 Å². The first-order valence-corrected chi connectivity index (χ1v) is 9.02. The number of anilines is 1. The van der Waals surface area contributed by atoms with Crippen LogP contribution in [0.3, 0.4) is 0 Å². The smallest absolute Gasteiger partial charge is 0.132 e. The summed E-state index contributed by atoms with van der Waals surface area (Å²) in [6.45, 7) is 12.7. The molecule has 6 nitrogen and oxygen atoms in total. The summed E-state index contributed by atoms with van der Waals surface area (Å²) in [5.41, 5.74) is 3.24. The van der Waals surface area contributed by atoms with Crippen LogP contribution in [0, 0.1) is 0 Å². The molecule has 0 radical (unpaired) electrons. The van der Waals surface area contributed by atoms with Crippen molar-refractivity contribution in [2.45, 2.75) is 31.8 Å². The molecule has 25 heavy (non-hydrogen) atoms. The number of piperazine rings is 1. The third kappa shape index (κ3) is 4.32. The van der Waals surface area contributed by atoms with Gasteiger partial charge in [0.2, 0.25) is 0 Å². The highest BCUT2D eigenvalue weighted by Gasteiger charge is 2.27. The molecule has 2 heterocycles. The second-order valence-corrected chi connectivity index (χ2v) is 6.73. The Kier molecular flexibility index (Phi) is 5.94. The summed E-state index contributed by atoms with van der Waals surface area (Å²) >= 11 is 0. The number of rotatable bonds is 5. The van der Waals surface area contributed by atoms with E-state index in [0.717, 1.165) is 74.8 Å². The number of hydrogen-bond donors (Lipinski definition) is 1. The fraction of sp³-hybridized carbons (Fsp3) is 0.526. The van der Waals surface area contributed by atoms with Gasteiger partial charge >= 0.3 is 0 Å². The molecular weight excluding hydrogens is 312 g/mol. The van der Waals surface area contributed by atoms with E-state index in [1.807, 2.05) is 0 Å². The van der Waals surface area contributed by atoms with Crippen LogP contribution in [0.4, 0.5) is 5.82 Å². The van der Waals surface area contributed by atoms with Gasteiger partial charge in [0.1, 0.15) is 12.1 Å². The third-order valence-corrected chi connectivity index (χ3v) is 4.96. The maximum absolute atomic E-state index is 4.49. The van der Waals surface area contributed by atoms with E-state index in [9.17, 15) is 0 Å². The second kappa shape index (κ2) is 8.36. The van der Waals surface area contributed by atoms with Crippen molar-refractivity contribution in [3.05, 3.63) is 43.0 Å². The predicted molar refractivity (Wildman–Crippen MR) is 103 cm³/mol. The van der Waals surface area contributed by atoms with E-state index < -0.39 is 0 Å². The normalized spacial score (nSPS) is 23.3. The van der Waals surface area contributed by atoms with Crippen molar-refractivity contribution in [3.8, 4) is 0 Å². The Morgan fingerprint density at radius 3 is 2.96 bits per heavy atom. The van der Waals surface area contributed by atoms with Crippen molar-refractivity contribution in [3.63, 3.8) is 0 Å². The van der Waals surface area contributed by atoms with Gasteiger partial charge in [-0.15, -0.1) is 0 Å². The van der Waals surface area contributed by atoms with Crippen molar-refractivity contribution < 1.29 is 0 Å². The van der Waals surface area contributed by atoms with Crippen LogP contribution >= 0.6 is 0 Å². The first-order valence-electron chi connectivity index (χ1n) is 9.02. The summed E-state index contributed by atoms with van der Waals surface area (Å²) in [5, 5.41) is 3.37. The first kappa shape index (κ1) is 17.8. The van der Waals surface area contributed by atoms with Gasteiger partial charge in [-0.05, 0) is 31.9 Å². The summed E-state index contributed by atoms with van der Waals surface area (Å²) in [4.78, 5) is 18.1. The van der Waals surface area contributed by atoms with E-state index in [1.54, 1.807) is 12.5 Å². The molecule has 6 heteroatoms. The number of aromatic nitrogens is 2. The molecular formula is C19H28N6. The number of hydrogen-bond acceptors (Lipinski definition) is 6. The summed E-state index contributed by atoms with van der Waals surface area (Å²) < 4.78 is 0. The monoisotopic (exact) mass is 340 g/mol. The molecule has 0 bridgehead atoms. The Labute approximate surface area is 150 Å². The van der Waals surface area contributed by atoms with E-state index in [-0.39, 0.29) is 6.04 Å². The second-order valence-electron chi connectivity index (χ2n) is 6.73. The van der Waals surface area contributed by atoms with E-state index in [1.165, 1.54) is 0 Å². The molecule has 1 N–H and O–H groups in total. The lowest BCUT2D eigenvalue weighted by atomic mass is 9.88. The topological polar surface area (TPSA) is 56.6 Å². The molecule has 1 unspecified atom stereocenters. The zero-order valence-corrected chi connectivity index (χ0v) is 15.1. The molecule has 0 amide bonds. The SMILES string of the molecule is C=CN=C1C(=C)CCCC1N(C)Cc1cc(N2CCNCC2)ncn1. The highest BCUT2D eigenvalue weighted by molar-refractivity contribution is 6.04. The van der Waals surface area contributed by atoms with Gasteiger partial charge in [-0.1, -0.05) is 13.2 Å². The number of nitrogens with one attached hydrogen (secondary N) is 1. The fourth-order valence-corrected chi connectivity index (χ4v) is 3.62. The van der Waals surface area contributed by atoms with Gasteiger partial charge in [0.15, 0.2) is 0 Å².